The number of ether oxygens (including phenoxy) is 2. The third-order valence-electron chi connectivity index (χ3n) is 4.74. The molecule has 1 aromatic rings. The van der Waals surface area contributed by atoms with Gasteiger partial charge in [-0.05, 0) is 46.2 Å². The first kappa shape index (κ1) is 24.4. The van der Waals surface area contributed by atoms with Gasteiger partial charge in [0.25, 0.3) is 0 Å². The number of piperazine rings is 1. The number of nitriles is 1. The first-order valence-corrected chi connectivity index (χ1v) is 10.4. The van der Waals surface area contributed by atoms with Crippen LogP contribution in [0.4, 0.5) is 9.18 Å². The standard InChI is InChI=1S/C22H31FN4O4/c1-16(25-21(29)31-22(2,3)4)20(28)27-11-9-26(10-12-27)8-5-13-30-18-7-6-17(15-24)19(23)14-18/h6-7,14,16H,5,8-13H2,1-4H3,(H,25,29)/t16-/m1/s1. The second-order valence-electron chi connectivity index (χ2n) is 8.49. The predicted molar refractivity (Wildman–Crippen MR) is 113 cm³/mol. The van der Waals surface area contributed by atoms with Crippen LogP contribution in [-0.2, 0) is 9.53 Å². The van der Waals surface area contributed by atoms with Crippen LogP contribution in [-0.4, -0.2) is 72.8 Å². The number of amides is 2. The predicted octanol–water partition coefficient (Wildman–Crippen LogP) is 2.52. The van der Waals surface area contributed by atoms with Gasteiger partial charge in [0.05, 0.1) is 12.2 Å². The maximum absolute atomic E-state index is 13.6. The average Bonchev–Trinajstić information content (AvgIpc) is 2.69. The zero-order valence-electron chi connectivity index (χ0n) is 18.6. The minimum absolute atomic E-state index is 0.00428. The molecular formula is C22H31FN4O4. The fourth-order valence-corrected chi connectivity index (χ4v) is 3.17. The third kappa shape index (κ3) is 8.06. The number of hydrogen-bond acceptors (Lipinski definition) is 6. The second-order valence-corrected chi connectivity index (χ2v) is 8.49. The quantitative estimate of drug-likeness (QED) is 0.663. The molecule has 8 nitrogen and oxygen atoms in total. The summed E-state index contributed by atoms with van der Waals surface area (Å²) in [4.78, 5) is 28.4. The molecule has 1 aliphatic rings. The molecule has 0 aliphatic carbocycles. The van der Waals surface area contributed by atoms with Crippen molar-refractivity contribution in [3.05, 3.63) is 29.6 Å². The lowest BCUT2D eigenvalue weighted by atomic mass is 10.2. The number of carbonyl (C=O) groups is 2. The number of carbonyl (C=O) groups excluding carboxylic acids is 2. The largest absolute Gasteiger partial charge is 0.493 e. The van der Waals surface area contributed by atoms with Gasteiger partial charge in [-0.2, -0.15) is 5.26 Å². The number of halogens is 1. The van der Waals surface area contributed by atoms with Crippen LogP contribution >= 0.6 is 0 Å². The number of nitrogens with one attached hydrogen (secondary N) is 1. The summed E-state index contributed by atoms with van der Waals surface area (Å²) in [6, 6.07) is 5.33. The van der Waals surface area contributed by atoms with E-state index in [1.54, 1.807) is 44.7 Å². The zero-order chi connectivity index (χ0) is 23.0. The first-order valence-electron chi connectivity index (χ1n) is 10.4. The third-order valence-corrected chi connectivity index (χ3v) is 4.74. The Morgan fingerprint density at radius 3 is 2.52 bits per heavy atom. The molecule has 1 aromatic carbocycles. The Morgan fingerprint density at radius 1 is 1.26 bits per heavy atom. The van der Waals surface area contributed by atoms with Crippen molar-refractivity contribution in [2.45, 2.75) is 45.8 Å². The summed E-state index contributed by atoms with van der Waals surface area (Å²) < 4.78 is 24.3. The number of rotatable bonds is 7. The maximum Gasteiger partial charge on any atom is 0.408 e. The summed E-state index contributed by atoms with van der Waals surface area (Å²) in [6.45, 7) is 10.8. The molecule has 31 heavy (non-hydrogen) atoms. The lowest BCUT2D eigenvalue weighted by Gasteiger charge is -2.36. The van der Waals surface area contributed by atoms with Crippen LogP contribution in [0, 0.1) is 17.1 Å². The molecule has 0 radical (unpaired) electrons. The van der Waals surface area contributed by atoms with E-state index in [0.29, 0.717) is 25.4 Å². The van der Waals surface area contributed by atoms with Crippen molar-refractivity contribution < 1.29 is 23.5 Å². The van der Waals surface area contributed by atoms with Gasteiger partial charge in [0.2, 0.25) is 5.91 Å². The summed E-state index contributed by atoms with van der Waals surface area (Å²) >= 11 is 0. The van der Waals surface area contributed by atoms with Crippen molar-refractivity contribution in [2.75, 3.05) is 39.3 Å². The fraction of sp³-hybridized carbons (Fsp3) is 0.591. The summed E-state index contributed by atoms with van der Waals surface area (Å²) in [7, 11) is 0. The summed E-state index contributed by atoms with van der Waals surface area (Å²) in [6.07, 6.45) is 0.153. The molecule has 1 N–H and O–H groups in total. The van der Waals surface area contributed by atoms with Gasteiger partial charge in [-0.1, -0.05) is 0 Å². The Hall–Kier alpha value is -2.86. The zero-order valence-corrected chi connectivity index (χ0v) is 18.6. The topological polar surface area (TPSA) is 94.9 Å². The van der Waals surface area contributed by atoms with E-state index in [4.69, 9.17) is 14.7 Å². The van der Waals surface area contributed by atoms with Crippen LogP contribution in [0.3, 0.4) is 0 Å². The minimum atomic E-state index is -0.650. The Kier molecular flexibility index (Phi) is 8.63. The van der Waals surface area contributed by atoms with E-state index >= 15 is 0 Å². The van der Waals surface area contributed by atoms with Crippen molar-refractivity contribution in [3.63, 3.8) is 0 Å². The molecule has 1 heterocycles. The molecule has 0 bridgehead atoms. The Morgan fingerprint density at radius 2 is 1.94 bits per heavy atom. The van der Waals surface area contributed by atoms with Crippen LogP contribution in [0.5, 0.6) is 5.75 Å². The van der Waals surface area contributed by atoms with E-state index in [2.05, 4.69) is 10.2 Å². The average molecular weight is 435 g/mol. The molecule has 1 aliphatic heterocycles. The van der Waals surface area contributed by atoms with Crippen molar-refractivity contribution in [1.29, 1.82) is 5.26 Å². The number of benzene rings is 1. The molecule has 170 valence electrons. The maximum atomic E-state index is 13.6. The molecule has 1 fully saturated rings. The molecule has 2 amide bonds. The highest BCUT2D eigenvalue weighted by molar-refractivity contribution is 5.85. The first-order chi connectivity index (χ1) is 14.6. The van der Waals surface area contributed by atoms with E-state index in [1.165, 1.54) is 12.1 Å². The molecule has 0 spiro atoms. The molecular weight excluding hydrogens is 403 g/mol. The Bertz CT molecular complexity index is 811. The van der Waals surface area contributed by atoms with Crippen molar-refractivity contribution in [3.8, 4) is 11.8 Å². The van der Waals surface area contributed by atoms with Gasteiger partial charge < -0.3 is 19.7 Å². The summed E-state index contributed by atoms with van der Waals surface area (Å²) in [5.41, 5.74) is -0.619. The van der Waals surface area contributed by atoms with E-state index in [-0.39, 0.29) is 11.5 Å². The second kappa shape index (κ2) is 11.0. The highest BCUT2D eigenvalue weighted by Crippen LogP contribution is 2.16. The van der Waals surface area contributed by atoms with Crippen LogP contribution in [0.15, 0.2) is 18.2 Å². The summed E-state index contributed by atoms with van der Waals surface area (Å²) in [5, 5.41) is 11.3. The van der Waals surface area contributed by atoms with Gasteiger partial charge in [-0.3, -0.25) is 9.69 Å². The van der Waals surface area contributed by atoms with Crippen molar-refractivity contribution in [2.24, 2.45) is 0 Å². The van der Waals surface area contributed by atoms with Gasteiger partial charge in [-0.15, -0.1) is 0 Å². The molecule has 9 heteroatoms. The fourth-order valence-electron chi connectivity index (χ4n) is 3.17. The van der Waals surface area contributed by atoms with Crippen LogP contribution in [0.1, 0.15) is 39.7 Å². The number of nitrogens with zero attached hydrogens (tertiary/aromatic N) is 3. The minimum Gasteiger partial charge on any atom is -0.493 e. The SMILES string of the molecule is C[C@@H](NC(=O)OC(C)(C)C)C(=O)N1CCN(CCCOc2ccc(C#N)c(F)c2)CC1. The lowest BCUT2D eigenvalue weighted by Crippen LogP contribution is -2.54. The van der Waals surface area contributed by atoms with Crippen LogP contribution in [0.2, 0.25) is 0 Å². The van der Waals surface area contributed by atoms with Crippen LogP contribution in [0.25, 0.3) is 0 Å². The van der Waals surface area contributed by atoms with E-state index in [9.17, 15) is 14.0 Å². The van der Waals surface area contributed by atoms with E-state index < -0.39 is 23.6 Å². The smallest absolute Gasteiger partial charge is 0.408 e. The highest BCUT2D eigenvalue weighted by atomic mass is 19.1. The molecule has 1 atom stereocenters. The number of hydrogen-bond donors (Lipinski definition) is 1. The van der Waals surface area contributed by atoms with Gasteiger partial charge in [0.1, 0.15) is 29.3 Å². The van der Waals surface area contributed by atoms with Crippen molar-refractivity contribution >= 4 is 12.0 Å². The van der Waals surface area contributed by atoms with Crippen molar-refractivity contribution in [1.82, 2.24) is 15.1 Å². The molecule has 0 aromatic heterocycles. The van der Waals surface area contributed by atoms with Gasteiger partial charge in [0.15, 0.2) is 0 Å². The lowest BCUT2D eigenvalue weighted by molar-refractivity contribution is -0.134. The molecule has 0 unspecified atom stereocenters. The van der Waals surface area contributed by atoms with Gasteiger partial charge in [-0.25, -0.2) is 9.18 Å². The molecule has 2 rings (SSSR count). The van der Waals surface area contributed by atoms with Gasteiger partial charge >= 0.3 is 6.09 Å². The molecule has 1 saturated heterocycles. The van der Waals surface area contributed by atoms with Crippen LogP contribution < -0.4 is 10.1 Å². The van der Waals surface area contributed by atoms with E-state index in [1.807, 2.05) is 0 Å². The Labute approximate surface area is 182 Å². The summed E-state index contributed by atoms with van der Waals surface area (Å²) in [5.74, 6) is -0.314. The highest BCUT2D eigenvalue weighted by Gasteiger charge is 2.27. The number of alkyl carbamates (subject to hydrolysis) is 1. The Balaban J connectivity index is 1.66. The monoisotopic (exact) mass is 434 g/mol. The normalized spacial score (nSPS) is 15.7. The van der Waals surface area contributed by atoms with Gasteiger partial charge in [0, 0.05) is 38.8 Å². The molecule has 0 saturated carbocycles. The van der Waals surface area contributed by atoms with E-state index in [0.717, 1.165) is 26.1 Å².